The van der Waals surface area contributed by atoms with Crippen LogP contribution in [0.2, 0.25) is 0 Å². The minimum atomic E-state index is -2.34. The van der Waals surface area contributed by atoms with Crippen molar-refractivity contribution < 1.29 is 28.3 Å². The number of nitrogens with zero attached hydrogens (tertiary/aromatic N) is 6. The molecule has 1 fully saturated rings. The molecule has 4 N–H and O–H groups in total. The Balaban J connectivity index is 1.35. The van der Waals surface area contributed by atoms with E-state index < -0.39 is 29.3 Å². The lowest BCUT2D eigenvalue weighted by molar-refractivity contribution is -0.165. The van der Waals surface area contributed by atoms with Crippen LogP contribution in [0, 0.1) is 17.1 Å². The number of aromatic nitrogens is 4. The molecule has 5 rings (SSSR count). The minimum absolute atomic E-state index is 0.00437. The highest BCUT2D eigenvalue weighted by atomic mass is 19.1. The SMILES string of the molecule is C[C@](O)(C(=O)Nc1cc(F)c2c(N)noc2c1)[C@H]1OCCN(c2ccn(-c3ccnc(C#N)c3)n2)C1=O. The summed E-state index contributed by atoms with van der Waals surface area (Å²) in [7, 11) is 0. The van der Waals surface area contributed by atoms with Crippen LogP contribution in [0.25, 0.3) is 16.7 Å². The highest BCUT2D eigenvalue weighted by Crippen LogP contribution is 2.29. The maximum Gasteiger partial charge on any atom is 0.260 e. The van der Waals surface area contributed by atoms with E-state index in [1.54, 1.807) is 18.3 Å². The number of hydrogen-bond donors (Lipinski definition) is 3. The Morgan fingerprint density at radius 1 is 1.38 bits per heavy atom. The Hall–Kier alpha value is -4.87. The summed E-state index contributed by atoms with van der Waals surface area (Å²) in [5, 5.41) is 30.3. The molecule has 0 bridgehead atoms. The summed E-state index contributed by atoms with van der Waals surface area (Å²) >= 11 is 0. The number of morpholine rings is 1. The molecule has 2 atom stereocenters. The average molecular weight is 506 g/mol. The van der Waals surface area contributed by atoms with E-state index in [2.05, 4.69) is 20.6 Å². The van der Waals surface area contributed by atoms with Crippen LogP contribution in [-0.4, -0.2) is 61.7 Å². The van der Waals surface area contributed by atoms with Gasteiger partial charge in [0.2, 0.25) is 0 Å². The van der Waals surface area contributed by atoms with E-state index in [-0.39, 0.29) is 47.1 Å². The summed E-state index contributed by atoms with van der Waals surface area (Å²) in [4.78, 5) is 31.4. The third-order valence-electron chi connectivity index (χ3n) is 5.84. The second-order valence-corrected chi connectivity index (χ2v) is 8.37. The number of benzene rings is 1. The number of nitriles is 1. The number of anilines is 3. The topological polar surface area (TPSA) is 185 Å². The van der Waals surface area contributed by atoms with E-state index in [9.17, 15) is 19.1 Å². The molecule has 2 amide bonds. The van der Waals surface area contributed by atoms with Crippen molar-refractivity contribution in [2.75, 3.05) is 29.1 Å². The number of hydrogen-bond acceptors (Lipinski definition) is 10. The zero-order chi connectivity index (χ0) is 26.3. The maximum atomic E-state index is 14.4. The minimum Gasteiger partial charge on any atom is -0.380 e. The van der Waals surface area contributed by atoms with Crippen LogP contribution in [0.15, 0.2) is 47.2 Å². The molecule has 0 aliphatic carbocycles. The predicted molar refractivity (Wildman–Crippen MR) is 126 cm³/mol. The Kier molecular flexibility index (Phi) is 5.78. The van der Waals surface area contributed by atoms with Crippen LogP contribution in [0.1, 0.15) is 12.6 Å². The standard InChI is InChI=1S/C23H19FN8O5/c1-23(35,22(34)28-12-9-15(24)18-16(10-12)37-30-20(18)26)19-21(33)31(6-7-36-19)17-3-5-32(29-17)14-2-4-27-13(8-14)11-25/h2-5,8-10,19,35H,6-7H2,1H3,(H2,26,30)(H,28,34)/t19-,23+/m0/s1. The molecule has 1 aliphatic heterocycles. The largest absolute Gasteiger partial charge is 0.380 e. The third-order valence-corrected chi connectivity index (χ3v) is 5.84. The number of nitrogens with two attached hydrogens (primary N) is 1. The molecular formula is C23H19FN8O5. The monoisotopic (exact) mass is 506 g/mol. The molecule has 4 heterocycles. The second-order valence-electron chi connectivity index (χ2n) is 8.37. The molecule has 13 nitrogen and oxygen atoms in total. The van der Waals surface area contributed by atoms with E-state index in [0.29, 0.717) is 5.69 Å². The van der Waals surface area contributed by atoms with E-state index in [4.69, 9.17) is 20.3 Å². The van der Waals surface area contributed by atoms with Crippen LogP contribution >= 0.6 is 0 Å². The molecular weight excluding hydrogens is 487 g/mol. The zero-order valence-corrected chi connectivity index (χ0v) is 19.3. The van der Waals surface area contributed by atoms with Gasteiger partial charge in [0, 0.05) is 36.3 Å². The quantitative estimate of drug-likeness (QED) is 0.354. The number of nitrogens with one attached hydrogen (secondary N) is 1. The Bertz CT molecular complexity index is 1570. The van der Waals surface area contributed by atoms with Crippen LogP contribution < -0.4 is 16.0 Å². The van der Waals surface area contributed by atoms with Crippen molar-refractivity contribution in [3.05, 3.63) is 54.2 Å². The molecule has 0 spiro atoms. The number of aliphatic hydroxyl groups is 1. The number of rotatable bonds is 5. The van der Waals surface area contributed by atoms with Gasteiger partial charge in [-0.3, -0.25) is 14.5 Å². The van der Waals surface area contributed by atoms with Gasteiger partial charge in [-0.25, -0.2) is 14.1 Å². The van der Waals surface area contributed by atoms with E-state index in [1.807, 2.05) is 6.07 Å². The molecule has 0 radical (unpaired) electrons. The summed E-state index contributed by atoms with van der Waals surface area (Å²) in [6, 6.07) is 8.97. The number of nitrogen functional groups attached to an aromatic ring is 1. The highest BCUT2D eigenvalue weighted by molar-refractivity contribution is 6.06. The van der Waals surface area contributed by atoms with Gasteiger partial charge in [-0.15, -0.1) is 5.10 Å². The number of pyridine rings is 1. The molecule has 1 saturated heterocycles. The van der Waals surface area contributed by atoms with Gasteiger partial charge in [-0.05, 0) is 19.1 Å². The number of ether oxygens (including phenoxy) is 1. The van der Waals surface area contributed by atoms with Crippen LogP contribution in [-0.2, 0) is 14.3 Å². The van der Waals surface area contributed by atoms with E-state index in [0.717, 1.165) is 13.0 Å². The first-order chi connectivity index (χ1) is 17.7. The smallest absolute Gasteiger partial charge is 0.260 e. The van der Waals surface area contributed by atoms with Crippen molar-refractivity contribution in [2.45, 2.75) is 18.6 Å². The first kappa shape index (κ1) is 23.9. The number of fused-ring (bicyclic) bond motifs is 1. The molecule has 1 aliphatic rings. The van der Waals surface area contributed by atoms with Crippen molar-refractivity contribution in [1.29, 1.82) is 5.26 Å². The maximum absolute atomic E-state index is 14.4. The lowest BCUT2D eigenvalue weighted by Gasteiger charge is -2.37. The van der Waals surface area contributed by atoms with Gasteiger partial charge in [0.15, 0.2) is 28.9 Å². The Morgan fingerprint density at radius 2 is 2.19 bits per heavy atom. The summed E-state index contributed by atoms with van der Waals surface area (Å²) in [6.07, 6.45) is 1.48. The molecule has 4 aromatic rings. The number of carbonyl (C=O) groups is 2. The average Bonchev–Trinajstić information content (AvgIpc) is 3.51. The first-order valence-corrected chi connectivity index (χ1v) is 10.9. The molecule has 188 valence electrons. The third kappa shape index (κ3) is 4.22. The molecule has 1 aromatic carbocycles. The van der Waals surface area contributed by atoms with Crippen molar-refractivity contribution in [3.63, 3.8) is 0 Å². The van der Waals surface area contributed by atoms with Crippen molar-refractivity contribution in [2.24, 2.45) is 0 Å². The lowest BCUT2D eigenvalue weighted by Crippen LogP contribution is -2.61. The van der Waals surface area contributed by atoms with Gasteiger partial charge in [-0.2, -0.15) is 5.26 Å². The van der Waals surface area contributed by atoms with Gasteiger partial charge in [0.1, 0.15) is 23.0 Å². The van der Waals surface area contributed by atoms with Crippen LogP contribution in [0.3, 0.4) is 0 Å². The first-order valence-electron chi connectivity index (χ1n) is 10.9. The molecule has 0 unspecified atom stereocenters. The fraction of sp³-hybridized carbons (Fsp3) is 0.217. The van der Waals surface area contributed by atoms with Crippen molar-refractivity contribution >= 4 is 40.1 Å². The van der Waals surface area contributed by atoms with Gasteiger partial charge in [0.25, 0.3) is 11.8 Å². The Labute approximate surface area is 207 Å². The lowest BCUT2D eigenvalue weighted by atomic mass is 9.95. The van der Waals surface area contributed by atoms with Crippen molar-refractivity contribution in [1.82, 2.24) is 19.9 Å². The van der Waals surface area contributed by atoms with Gasteiger partial charge < -0.3 is 25.4 Å². The van der Waals surface area contributed by atoms with Gasteiger partial charge in [-0.1, -0.05) is 5.16 Å². The summed E-state index contributed by atoms with van der Waals surface area (Å²) in [5.41, 5.74) is 3.94. The summed E-state index contributed by atoms with van der Waals surface area (Å²) in [6.45, 7) is 1.26. The summed E-state index contributed by atoms with van der Waals surface area (Å²) in [5.74, 6) is -2.39. The van der Waals surface area contributed by atoms with Gasteiger partial charge in [0.05, 0.1) is 18.8 Å². The highest BCUT2D eigenvalue weighted by Gasteiger charge is 2.49. The summed E-state index contributed by atoms with van der Waals surface area (Å²) < 4.78 is 26.3. The molecule has 3 aromatic heterocycles. The predicted octanol–water partition coefficient (Wildman–Crippen LogP) is 1.12. The van der Waals surface area contributed by atoms with E-state index >= 15 is 0 Å². The van der Waals surface area contributed by atoms with Crippen LogP contribution in [0.4, 0.5) is 21.7 Å². The normalized spacial score (nSPS) is 17.4. The number of amides is 2. The van der Waals surface area contributed by atoms with E-state index in [1.165, 1.54) is 27.9 Å². The fourth-order valence-corrected chi connectivity index (χ4v) is 3.94. The Morgan fingerprint density at radius 3 is 2.97 bits per heavy atom. The van der Waals surface area contributed by atoms with Gasteiger partial charge >= 0.3 is 0 Å². The molecule has 37 heavy (non-hydrogen) atoms. The molecule has 0 saturated carbocycles. The second kappa shape index (κ2) is 8.97. The zero-order valence-electron chi connectivity index (χ0n) is 19.3. The number of carbonyl (C=O) groups excluding carboxylic acids is 2. The van der Waals surface area contributed by atoms with Crippen molar-refractivity contribution in [3.8, 4) is 11.8 Å². The molecule has 14 heteroatoms. The fourth-order valence-electron chi connectivity index (χ4n) is 3.94. The number of halogens is 1. The van der Waals surface area contributed by atoms with Crippen LogP contribution in [0.5, 0.6) is 0 Å².